The first kappa shape index (κ1) is 18.8. The Morgan fingerprint density at radius 3 is 2.09 bits per heavy atom. The van der Waals surface area contributed by atoms with Gasteiger partial charge in [-0.25, -0.2) is 0 Å². The largest absolute Gasteiger partial charge is 0.481 e. The number of carbonyl (C=O) groups is 3. The van der Waals surface area contributed by atoms with Crippen LogP contribution in [-0.4, -0.2) is 50.5 Å². The van der Waals surface area contributed by atoms with Gasteiger partial charge in [0.15, 0.2) is 0 Å². The fraction of sp³-hybridized carbons (Fsp3) is 0.786. The molecular formula is C14H25N3O4S. The van der Waals surface area contributed by atoms with E-state index in [-0.39, 0.29) is 21.4 Å². The van der Waals surface area contributed by atoms with Crippen LogP contribution in [0.4, 0.5) is 0 Å². The number of carboxylic acids is 1. The van der Waals surface area contributed by atoms with E-state index in [9.17, 15) is 14.4 Å². The minimum atomic E-state index is -1.17. The summed E-state index contributed by atoms with van der Waals surface area (Å²) < 4.78 is -0.134. The second-order valence-corrected chi connectivity index (χ2v) is 8.99. The molecule has 7 nitrogen and oxygen atoms in total. The molecule has 1 rings (SSSR count). The maximum Gasteiger partial charge on any atom is 0.305 e. The van der Waals surface area contributed by atoms with Crippen LogP contribution in [0.25, 0.3) is 0 Å². The van der Waals surface area contributed by atoms with Gasteiger partial charge in [-0.15, -0.1) is 11.8 Å². The summed E-state index contributed by atoms with van der Waals surface area (Å²) in [6.07, 6.45) is -0.473. The number of carboxylic acid groups (broad SMARTS) is 1. The zero-order valence-corrected chi connectivity index (χ0v) is 14.4. The van der Waals surface area contributed by atoms with Crippen LogP contribution in [0, 0.1) is 0 Å². The third kappa shape index (κ3) is 4.36. The average Bonchev–Trinajstić information content (AvgIpc) is 2.32. The molecule has 2 atom stereocenters. The number of rotatable bonds is 6. The van der Waals surface area contributed by atoms with E-state index in [1.54, 1.807) is 18.7 Å². The van der Waals surface area contributed by atoms with E-state index in [0.29, 0.717) is 0 Å². The van der Waals surface area contributed by atoms with Crippen molar-refractivity contribution in [2.75, 3.05) is 0 Å². The molecular weight excluding hydrogens is 306 g/mol. The molecule has 0 aliphatic carbocycles. The Bertz CT molecular complexity index is 465. The zero-order chi connectivity index (χ0) is 17.3. The van der Waals surface area contributed by atoms with Crippen molar-refractivity contribution in [3.8, 4) is 0 Å². The Hall–Kier alpha value is -1.28. The third-order valence-electron chi connectivity index (χ3n) is 3.69. The second-order valence-electron chi connectivity index (χ2n) is 6.69. The van der Waals surface area contributed by atoms with Gasteiger partial charge in [0.05, 0.1) is 18.5 Å². The van der Waals surface area contributed by atoms with Gasteiger partial charge in [0.1, 0.15) is 6.04 Å². The van der Waals surface area contributed by atoms with Gasteiger partial charge >= 0.3 is 5.97 Å². The van der Waals surface area contributed by atoms with Crippen molar-refractivity contribution in [3.63, 3.8) is 0 Å². The Morgan fingerprint density at radius 1 is 1.18 bits per heavy atom. The molecule has 2 amide bonds. The molecule has 0 unspecified atom stereocenters. The lowest BCUT2D eigenvalue weighted by Crippen LogP contribution is -2.68. The van der Waals surface area contributed by atoms with E-state index < -0.39 is 30.4 Å². The Morgan fingerprint density at radius 2 is 1.68 bits per heavy atom. The van der Waals surface area contributed by atoms with E-state index in [1.807, 2.05) is 0 Å². The minimum absolute atomic E-state index is 0.00968. The summed E-state index contributed by atoms with van der Waals surface area (Å²) in [6, 6.07) is -1.95. The van der Waals surface area contributed by atoms with Gasteiger partial charge in [0.2, 0.25) is 11.8 Å². The number of aliphatic carboxylic acids is 1. The Labute approximate surface area is 134 Å². The van der Waals surface area contributed by atoms with Crippen LogP contribution in [-0.2, 0) is 14.4 Å². The summed E-state index contributed by atoms with van der Waals surface area (Å²) in [4.78, 5) is 34.5. The fourth-order valence-corrected chi connectivity index (χ4v) is 4.97. The standard InChI is InChI=1S/C14H25N3O4S/c1-7(16-11(21)8(15)6-9(18)19)10(20)17-12-13(2,3)22-14(12,4)5/h7-8,12H,6,15H2,1-5H3,(H,16,21)(H,17,20)(H,18,19)/t7-,8+/m0/s1. The van der Waals surface area contributed by atoms with Gasteiger partial charge in [-0.2, -0.15) is 0 Å². The highest BCUT2D eigenvalue weighted by Gasteiger charge is 2.54. The maximum absolute atomic E-state index is 12.2. The van der Waals surface area contributed by atoms with Crippen LogP contribution >= 0.6 is 11.8 Å². The number of hydrogen-bond donors (Lipinski definition) is 4. The molecule has 8 heteroatoms. The summed E-state index contributed by atoms with van der Waals surface area (Å²) in [5, 5.41) is 14.0. The molecule has 0 spiro atoms. The molecule has 126 valence electrons. The highest BCUT2D eigenvalue weighted by atomic mass is 32.2. The first-order valence-electron chi connectivity index (χ1n) is 7.15. The van der Waals surface area contributed by atoms with E-state index in [4.69, 9.17) is 10.8 Å². The summed E-state index contributed by atoms with van der Waals surface area (Å²) in [7, 11) is 0. The summed E-state index contributed by atoms with van der Waals surface area (Å²) >= 11 is 1.79. The topological polar surface area (TPSA) is 122 Å². The smallest absolute Gasteiger partial charge is 0.305 e. The molecule has 22 heavy (non-hydrogen) atoms. The predicted molar refractivity (Wildman–Crippen MR) is 85.5 cm³/mol. The normalized spacial score (nSPS) is 22.1. The molecule has 0 bridgehead atoms. The minimum Gasteiger partial charge on any atom is -0.481 e. The Balaban J connectivity index is 2.55. The van der Waals surface area contributed by atoms with E-state index in [0.717, 1.165) is 0 Å². The van der Waals surface area contributed by atoms with Crippen LogP contribution in [0.15, 0.2) is 0 Å². The van der Waals surface area contributed by atoms with E-state index in [2.05, 4.69) is 38.3 Å². The van der Waals surface area contributed by atoms with Gasteiger partial charge in [0.25, 0.3) is 0 Å². The van der Waals surface area contributed by atoms with Crippen molar-refractivity contribution < 1.29 is 19.5 Å². The lowest BCUT2D eigenvalue weighted by Gasteiger charge is -2.57. The molecule has 1 aliphatic rings. The van der Waals surface area contributed by atoms with Crippen molar-refractivity contribution in [1.29, 1.82) is 0 Å². The number of hydrogen-bond acceptors (Lipinski definition) is 5. The number of nitrogens with two attached hydrogens (primary N) is 1. The van der Waals surface area contributed by atoms with Crippen molar-refractivity contribution in [2.45, 2.75) is 68.7 Å². The highest BCUT2D eigenvalue weighted by molar-refractivity contribution is 8.03. The summed E-state index contributed by atoms with van der Waals surface area (Å²) in [5.74, 6) is -2.11. The van der Waals surface area contributed by atoms with Crippen LogP contribution in [0.1, 0.15) is 41.0 Å². The number of carbonyl (C=O) groups excluding carboxylic acids is 2. The lowest BCUT2D eigenvalue weighted by molar-refractivity contribution is -0.139. The summed E-state index contributed by atoms with van der Waals surface area (Å²) in [5.41, 5.74) is 5.46. The predicted octanol–water partition coefficient (Wildman–Crippen LogP) is 0.0819. The molecule has 1 fully saturated rings. The van der Waals surface area contributed by atoms with Gasteiger partial charge in [-0.1, -0.05) is 0 Å². The molecule has 0 aromatic carbocycles. The molecule has 1 aliphatic heterocycles. The van der Waals surface area contributed by atoms with E-state index in [1.165, 1.54) is 0 Å². The van der Waals surface area contributed by atoms with Gasteiger partial charge in [0, 0.05) is 9.49 Å². The molecule has 0 saturated carbocycles. The van der Waals surface area contributed by atoms with Gasteiger partial charge < -0.3 is 21.5 Å². The monoisotopic (exact) mass is 331 g/mol. The molecule has 1 heterocycles. The molecule has 0 radical (unpaired) electrons. The maximum atomic E-state index is 12.2. The first-order valence-corrected chi connectivity index (χ1v) is 7.97. The van der Waals surface area contributed by atoms with E-state index >= 15 is 0 Å². The second kappa shape index (κ2) is 6.45. The fourth-order valence-electron chi connectivity index (χ4n) is 2.86. The first-order chi connectivity index (χ1) is 9.86. The molecule has 0 aromatic heterocycles. The van der Waals surface area contributed by atoms with Crippen LogP contribution in [0.3, 0.4) is 0 Å². The molecule has 1 saturated heterocycles. The quantitative estimate of drug-likeness (QED) is 0.547. The number of amides is 2. The highest BCUT2D eigenvalue weighted by Crippen LogP contribution is 2.54. The summed E-state index contributed by atoms with van der Waals surface area (Å²) in [6.45, 7) is 9.77. The third-order valence-corrected chi connectivity index (χ3v) is 5.21. The average molecular weight is 331 g/mol. The van der Waals surface area contributed by atoms with Gasteiger partial charge in [-0.3, -0.25) is 14.4 Å². The van der Waals surface area contributed by atoms with Crippen LogP contribution < -0.4 is 16.4 Å². The van der Waals surface area contributed by atoms with Gasteiger partial charge in [-0.05, 0) is 34.6 Å². The van der Waals surface area contributed by atoms with Crippen molar-refractivity contribution in [3.05, 3.63) is 0 Å². The van der Waals surface area contributed by atoms with Crippen LogP contribution in [0.5, 0.6) is 0 Å². The van der Waals surface area contributed by atoms with Crippen molar-refractivity contribution >= 4 is 29.5 Å². The molecule has 0 aromatic rings. The SMILES string of the molecule is C[C@H](NC(=O)[C@H](N)CC(=O)O)C(=O)NC1C(C)(C)SC1(C)C. The van der Waals surface area contributed by atoms with Crippen molar-refractivity contribution in [1.82, 2.24) is 10.6 Å². The van der Waals surface area contributed by atoms with Crippen molar-refractivity contribution in [2.24, 2.45) is 5.73 Å². The molecule has 5 N–H and O–H groups in total. The number of nitrogens with one attached hydrogen (secondary N) is 2. The Kier molecular flexibility index (Phi) is 5.51. The lowest BCUT2D eigenvalue weighted by atomic mass is 9.89. The zero-order valence-electron chi connectivity index (χ0n) is 13.6. The number of thioether (sulfide) groups is 1. The van der Waals surface area contributed by atoms with Crippen LogP contribution in [0.2, 0.25) is 0 Å².